The minimum absolute atomic E-state index is 0.0213. The Balaban J connectivity index is 1.78. The van der Waals surface area contributed by atoms with Crippen molar-refractivity contribution >= 4 is 18.0 Å². The number of aryl methyl sites for hydroxylation is 1. The normalized spacial score (nSPS) is 17.9. The molecule has 1 aliphatic heterocycles. The summed E-state index contributed by atoms with van der Waals surface area (Å²) in [6.45, 7) is 4.80. The zero-order chi connectivity index (χ0) is 33.1. The summed E-state index contributed by atoms with van der Waals surface area (Å²) < 4.78 is 87.4. The minimum atomic E-state index is -6.04. The van der Waals surface area contributed by atoms with Crippen molar-refractivity contribution in [1.29, 1.82) is 0 Å². The van der Waals surface area contributed by atoms with Crippen LogP contribution in [0.15, 0.2) is 36.4 Å². The second kappa shape index (κ2) is 13.0. The molecular weight excluding hydrogens is 598 g/mol. The number of phenols is 2. The summed E-state index contributed by atoms with van der Waals surface area (Å²) in [5.74, 6) is -1.34. The number of benzene rings is 2. The molecule has 0 aliphatic carbocycles. The van der Waals surface area contributed by atoms with Crippen LogP contribution in [0.5, 0.6) is 17.2 Å². The summed E-state index contributed by atoms with van der Waals surface area (Å²) in [5.41, 5.74) is -7.67. The molecule has 1 atom stereocenters. The van der Waals surface area contributed by atoms with Crippen LogP contribution >= 0.6 is 0 Å². The van der Waals surface area contributed by atoms with Crippen LogP contribution in [-0.2, 0) is 22.4 Å². The number of nitrogens with one attached hydrogen (secondary N) is 1. The Morgan fingerprint density at radius 2 is 1.64 bits per heavy atom. The second-order valence-corrected chi connectivity index (χ2v) is 10.4. The quantitative estimate of drug-likeness (QED) is 0.0930. The third-order valence-electron chi connectivity index (χ3n) is 7.50. The maximum atomic E-state index is 13.6. The van der Waals surface area contributed by atoms with E-state index >= 15 is 0 Å². The summed E-state index contributed by atoms with van der Waals surface area (Å²) in [5, 5.41) is 32.1. The molecule has 2 aromatic rings. The Hall–Kier alpha value is -3.94. The molecule has 44 heavy (non-hydrogen) atoms. The molecule has 1 aliphatic rings. The second-order valence-electron chi connectivity index (χ2n) is 10.4. The highest BCUT2D eigenvalue weighted by molar-refractivity contribution is 6.07. The van der Waals surface area contributed by atoms with Gasteiger partial charge in [-0.05, 0) is 68.0 Å². The zero-order valence-corrected chi connectivity index (χ0v) is 24.3. The average molecular weight is 633 g/mol. The lowest BCUT2D eigenvalue weighted by molar-refractivity contribution is -0.376. The Morgan fingerprint density at radius 3 is 2.18 bits per heavy atom. The van der Waals surface area contributed by atoms with E-state index in [0.717, 1.165) is 4.90 Å². The van der Waals surface area contributed by atoms with Gasteiger partial charge in [0.25, 0.3) is 11.5 Å². The molecular formula is C30H34F6N2O6. The van der Waals surface area contributed by atoms with Crippen molar-refractivity contribution in [3.05, 3.63) is 58.7 Å². The number of carbonyl (C=O) groups is 2. The fourth-order valence-electron chi connectivity index (χ4n) is 5.15. The molecule has 242 valence electrons. The number of nitrogens with zero attached hydrogens (tertiary/aromatic N) is 1. The maximum absolute atomic E-state index is 13.6. The van der Waals surface area contributed by atoms with Crippen molar-refractivity contribution in [3.8, 4) is 17.2 Å². The van der Waals surface area contributed by atoms with E-state index in [9.17, 15) is 51.3 Å². The topological polar surface area (TPSA) is 119 Å². The van der Waals surface area contributed by atoms with Crippen molar-refractivity contribution in [2.24, 2.45) is 0 Å². The van der Waals surface area contributed by atoms with Crippen molar-refractivity contribution in [2.75, 3.05) is 13.2 Å². The van der Waals surface area contributed by atoms with Gasteiger partial charge in [-0.2, -0.15) is 26.3 Å². The van der Waals surface area contributed by atoms with Gasteiger partial charge in [0.2, 0.25) is 0 Å². The molecule has 14 heteroatoms. The van der Waals surface area contributed by atoms with E-state index in [4.69, 9.17) is 4.74 Å². The lowest BCUT2D eigenvalue weighted by Gasteiger charge is -2.33. The van der Waals surface area contributed by atoms with Crippen LogP contribution in [-0.4, -0.2) is 57.7 Å². The van der Waals surface area contributed by atoms with Crippen LogP contribution in [0.25, 0.3) is 6.08 Å². The number of hydrogen-bond donors (Lipinski definition) is 4. The molecule has 8 nitrogen and oxygen atoms in total. The van der Waals surface area contributed by atoms with Crippen LogP contribution < -0.4 is 10.1 Å². The number of amides is 3. The van der Waals surface area contributed by atoms with Crippen LogP contribution in [0, 0.1) is 0 Å². The number of rotatable bonds is 12. The summed E-state index contributed by atoms with van der Waals surface area (Å²) in [4.78, 5) is 27.0. The molecule has 0 bridgehead atoms. The van der Waals surface area contributed by atoms with E-state index in [-0.39, 0.29) is 67.0 Å². The highest BCUT2D eigenvalue weighted by atomic mass is 19.4. The molecule has 0 aromatic heterocycles. The Labute approximate surface area is 249 Å². The molecule has 4 N–H and O–H groups in total. The average Bonchev–Trinajstić information content (AvgIpc) is 3.19. The maximum Gasteiger partial charge on any atom is 0.430 e. The number of ether oxygens (including phenoxy) is 1. The Morgan fingerprint density at radius 1 is 0.977 bits per heavy atom. The molecule has 0 spiro atoms. The molecule has 3 rings (SSSR count). The highest BCUT2D eigenvalue weighted by Crippen LogP contribution is 2.51. The molecule has 3 amide bonds. The van der Waals surface area contributed by atoms with E-state index in [0.29, 0.717) is 18.6 Å². The highest BCUT2D eigenvalue weighted by Gasteiger charge is 2.71. The fourth-order valence-corrected chi connectivity index (χ4v) is 5.15. The number of alkyl halides is 6. The van der Waals surface area contributed by atoms with Gasteiger partial charge in [-0.25, -0.2) is 4.79 Å². The first kappa shape index (κ1) is 34.5. The molecule has 1 fully saturated rings. The number of imide groups is 1. The molecule has 1 heterocycles. The largest absolute Gasteiger partial charge is 0.504 e. The van der Waals surface area contributed by atoms with Gasteiger partial charge in [0.1, 0.15) is 11.3 Å². The minimum Gasteiger partial charge on any atom is -0.504 e. The van der Waals surface area contributed by atoms with Crippen LogP contribution in [0.4, 0.5) is 31.1 Å². The van der Waals surface area contributed by atoms with Crippen LogP contribution in [0.3, 0.4) is 0 Å². The van der Waals surface area contributed by atoms with Gasteiger partial charge < -0.3 is 25.4 Å². The van der Waals surface area contributed by atoms with Crippen LogP contribution in [0.2, 0.25) is 0 Å². The molecule has 2 aromatic carbocycles. The number of aliphatic hydroxyl groups is 1. The Bertz CT molecular complexity index is 1390. The fraction of sp³-hybridized carbons (Fsp3) is 0.467. The first-order valence-electron chi connectivity index (χ1n) is 13.9. The number of aromatic hydroxyl groups is 2. The van der Waals surface area contributed by atoms with E-state index < -0.39 is 46.7 Å². The zero-order valence-electron chi connectivity index (χ0n) is 24.3. The van der Waals surface area contributed by atoms with Crippen molar-refractivity contribution in [3.63, 3.8) is 0 Å². The van der Waals surface area contributed by atoms with E-state index in [2.05, 4.69) is 5.32 Å². The van der Waals surface area contributed by atoms with Gasteiger partial charge in [0.15, 0.2) is 11.5 Å². The molecule has 1 unspecified atom stereocenters. The summed E-state index contributed by atoms with van der Waals surface area (Å²) in [6.07, 6.45) is -8.30. The van der Waals surface area contributed by atoms with Gasteiger partial charge in [-0.3, -0.25) is 9.69 Å². The van der Waals surface area contributed by atoms with Gasteiger partial charge in [-0.15, -0.1) is 0 Å². The third-order valence-corrected chi connectivity index (χ3v) is 7.50. The van der Waals surface area contributed by atoms with E-state index in [1.165, 1.54) is 37.3 Å². The standard InChI is InChI=1S/C30H34F6N2O6/c1-4-9-18-15-21(28(43,29(31,32)33)30(34,35)36)16-19(10-5-2)24(18)44-14-8-7-13-38-25(41)27(6-3,37-26(38)42)20-11-12-22(39)23(40)17-20/h4,9,11-12,15-17,39-40,43H,5-8,10,13-14H2,1-3H3,(H,37,42)/b9-4+. The van der Waals surface area contributed by atoms with Crippen molar-refractivity contribution in [1.82, 2.24) is 10.2 Å². The number of carbonyl (C=O) groups excluding carboxylic acids is 2. The van der Waals surface area contributed by atoms with E-state index in [1.54, 1.807) is 13.8 Å². The molecule has 0 radical (unpaired) electrons. The molecule has 0 saturated carbocycles. The number of urea groups is 1. The number of phenolic OH excluding ortho intramolecular Hbond substituents is 2. The number of halogens is 6. The third kappa shape index (κ3) is 6.30. The van der Waals surface area contributed by atoms with Gasteiger partial charge in [0, 0.05) is 17.7 Å². The van der Waals surface area contributed by atoms with E-state index in [1.807, 2.05) is 0 Å². The number of hydrogen-bond acceptors (Lipinski definition) is 6. The summed E-state index contributed by atoms with van der Waals surface area (Å²) in [6, 6.07) is 4.41. The monoisotopic (exact) mass is 632 g/mol. The smallest absolute Gasteiger partial charge is 0.430 e. The number of unbranched alkanes of at least 4 members (excludes halogenated alkanes) is 1. The first-order chi connectivity index (χ1) is 20.5. The summed E-state index contributed by atoms with van der Waals surface area (Å²) in [7, 11) is 0. The summed E-state index contributed by atoms with van der Waals surface area (Å²) >= 11 is 0. The predicted octanol–water partition coefficient (Wildman–Crippen LogP) is 6.41. The molecule has 1 saturated heterocycles. The van der Waals surface area contributed by atoms with Crippen molar-refractivity contribution in [2.45, 2.75) is 76.4 Å². The first-order valence-corrected chi connectivity index (χ1v) is 13.9. The van der Waals surface area contributed by atoms with Gasteiger partial charge >= 0.3 is 18.4 Å². The Kier molecular flexibility index (Phi) is 10.2. The number of allylic oxidation sites excluding steroid dienone is 1. The SMILES string of the molecule is C/C=C/c1cc(C(O)(C(F)(F)F)C(F)(F)F)cc(CCC)c1OCCCCN1C(=O)NC(CC)(c2ccc(O)c(O)c2)C1=O. The predicted molar refractivity (Wildman–Crippen MR) is 148 cm³/mol. The lowest BCUT2D eigenvalue weighted by Crippen LogP contribution is -2.54. The van der Waals surface area contributed by atoms with Crippen molar-refractivity contribution < 1.29 is 56.0 Å². The lowest BCUT2D eigenvalue weighted by atomic mass is 9.87. The van der Waals surface area contributed by atoms with Crippen LogP contribution in [0.1, 0.15) is 68.7 Å². The van der Waals surface area contributed by atoms with Gasteiger partial charge in [0.05, 0.1) is 6.61 Å². The van der Waals surface area contributed by atoms with Gasteiger partial charge in [-0.1, -0.05) is 38.5 Å².